The Morgan fingerprint density at radius 3 is 2.08 bits per heavy atom. The van der Waals surface area contributed by atoms with E-state index in [1.54, 1.807) is 6.08 Å². The summed E-state index contributed by atoms with van der Waals surface area (Å²) in [5, 5.41) is 0. The van der Waals surface area contributed by atoms with E-state index < -0.39 is 0 Å². The van der Waals surface area contributed by atoms with Crippen molar-refractivity contribution in [1.29, 1.82) is 0 Å². The molecule has 0 aliphatic carbocycles. The van der Waals surface area contributed by atoms with Crippen LogP contribution in [0.5, 0.6) is 0 Å². The van der Waals surface area contributed by atoms with Crippen LogP contribution in [0, 0.1) is 20.8 Å². The molecule has 2 N–H and O–H groups in total. The molecule has 1 rings (SSSR count). The van der Waals surface area contributed by atoms with Gasteiger partial charge in [0, 0.05) is 6.04 Å². The first-order valence-corrected chi connectivity index (χ1v) is 4.52. The summed E-state index contributed by atoms with van der Waals surface area (Å²) in [5.41, 5.74) is 10.9. The maximum absolute atomic E-state index is 5.93. The van der Waals surface area contributed by atoms with Gasteiger partial charge in [0.1, 0.15) is 0 Å². The van der Waals surface area contributed by atoms with Crippen molar-refractivity contribution in [2.75, 3.05) is 0 Å². The Balaban J connectivity index is 3.28. The van der Waals surface area contributed by atoms with Crippen LogP contribution in [-0.2, 0) is 0 Å². The van der Waals surface area contributed by atoms with E-state index in [0.717, 1.165) is 0 Å². The van der Waals surface area contributed by atoms with E-state index in [4.69, 9.17) is 5.73 Å². The standard InChI is InChI=1S/C12H17N/c1-5-11(13)12-9(3)6-8(2)7-10(12)4/h5-7,11H,1,13H2,2-4H3/t11-/m1/s1. The summed E-state index contributed by atoms with van der Waals surface area (Å²) in [5.74, 6) is 0. The van der Waals surface area contributed by atoms with E-state index in [1.165, 1.54) is 22.3 Å². The Labute approximate surface area is 80.3 Å². The van der Waals surface area contributed by atoms with E-state index in [1.807, 2.05) is 0 Å². The maximum Gasteiger partial charge on any atom is 0.0483 e. The first-order valence-electron chi connectivity index (χ1n) is 4.52. The maximum atomic E-state index is 5.93. The lowest BCUT2D eigenvalue weighted by atomic mass is 9.94. The van der Waals surface area contributed by atoms with Gasteiger partial charge >= 0.3 is 0 Å². The van der Waals surface area contributed by atoms with Crippen molar-refractivity contribution < 1.29 is 0 Å². The normalized spacial score (nSPS) is 12.6. The molecule has 1 aromatic carbocycles. The monoisotopic (exact) mass is 175 g/mol. The van der Waals surface area contributed by atoms with Crippen LogP contribution in [0.3, 0.4) is 0 Å². The van der Waals surface area contributed by atoms with E-state index in [0.29, 0.717) is 0 Å². The van der Waals surface area contributed by atoms with Gasteiger partial charge in [-0.25, -0.2) is 0 Å². The van der Waals surface area contributed by atoms with Crippen molar-refractivity contribution in [2.24, 2.45) is 5.73 Å². The molecule has 1 atom stereocenters. The topological polar surface area (TPSA) is 26.0 Å². The second kappa shape index (κ2) is 3.75. The third-order valence-corrected chi connectivity index (χ3v) is 2.33. The Morgan fingerprint density at radius 2 is 1.69 bits per heavy atom. The predicted molar refractivity (Wildman–Crippen MR) is 57.8 cm³/mol. The molecule has 13 heavy (non-hydrogen) atoms. The minimum atomic E-state index is -0.0411. The summed E-state index contributed by atoms with van der Waals surface area (Å²) in [6.07, 6.45) is 1.78. The molecule has 0 aliphatic rings. The highest BCUT2D eigenvalue weighted by atomic mass is 14.6. The predicted octanol–water partition coefficient (Wildman–Crippen LogP) is 2.80. The molecule has 1 aromatic rings. The summed E-state index contributed by atoms with van der Waals surface area (Å²) in [4.78, 5) is 0. The van der Waals surface area contributed by atoms with Gasteiger partial charge in [-0.2, -0.15) is 0 Å². The van der Waals surface area contributed by atoms with Crippen LogP contribution in [0.4, 0.5) is 0 Å². The molecule has 0 heterocycles. The molecule has 0 saturated carbocycles. The number of hydrogen-bond acceptors (Lipinski definition) is 1. The molecule has 0 radical (unpaired) electrons. The van der Waals surface area contributed by atoms with Gasteiger partial charge in [0.15, 0.2) is 0 Å². The van der Waals surface area contributed by atoms with Crippen molar-refractivity contribution >= 4 is 0 Å². The van der Waals surface area contributed by atoms with Crippen LogP contribution in [-0.4, -0.2) is 0 Å². The highest BCUT2D eigenvalue weighted by Crippen LogP contribution is 2.22. The van der Waals surface area contributed by atoms with Crippen molar-refractivity contribution in [3.63, 3.8) is 0 Å². The van der Waals surface area contributed by atoms with Crippen LogP contribution < -0.4 is 5.73 Å². The van der Waals surface area contributed by atoms with E-state index in [-0.39, 0.29) is 6.04 Å². The highest BCUT2D eigenvalue weighted by molar-refractivity contribution is 5.40. The van der Waals surface area contributed by atoms with Gasteiger partial charge in [0.2, 0.25) is 0 Å². The van der Waals surface area contributed by atoms with E-state index in [9.17, 15) is 0 Å². The molecule has 0 unspecified atom stereocenters. The molecule has 0 fully saturated rings. The minimum absolute atomic E-state index is 0.0411. The summed E-state index contributed by atoms with van der Waals surface area (Å²) in [6.45, 7) is 10.0. The van der Waals surface area contributed by atoms with Crippen LogP contribution in [0.15, 0.2) is 24.8 Å². The first kappa shape index (κ1) is 10.0. The van der Waals surface area contributed by atoms with Crippen LogP contribution in [0.2, 0.25) is 0 Å². The molecule has 70 valence electrons. The fourth-order valence-corrected chi connectivity index (χ4v) is 1.83. The van der Waals surface area contributed by atoms with Crippen LogP contribution in [0.25, 0.3) is 0 Å². The zero-order valence-electron chi connectivity index (χ0n) is 8.59. The molecular formula is C12H17N. The second-order valence-electron chi connectivity index (χ2n) is 3.57. The lowest BCUT2D eigenvalue weighted by molar-refractivity contribution is 0.888. The fourth-order valence-electron chi connectivity index (χ4n) is 1.83. The Morgan fingerprint density at radius 1 is 1.23 bits per heavy atom. The molecule has 1 nitrogen and oxygen atoms in total. The van der Waals surface area contributed by atoms with Gasteiger partial charge in [-0.3, -0.25) is 0 Å². The smallest absolute Gasteiger partial charge is 0.0483 e. The molecule has 0 saturated heterocycles. The quantitative estimate of drug-likeness (QED) is 0.687. The number of rotatable bonds is 2. The Hall–Kier alpha value is -1.08. The summed E-state index contributed by atoms with van der Waals surface area (Å²) in [7, 11) is 0. The molecular weight excluding hydrogens is 158 g/mol. The summed E-state index contributed by atoms with van der Waals surface area (Å²) in [6, 6.07) is 4.28. The third kappa shape index (κ3) is 1.99. The van der Waals surface area contributed by atoms with Gasteiger partial charge in [0.05, 0.1) is 0 Å². The number of hydrogen-bond donors (Lipinski definition) is 1. The van der Waals surface area contributed by atoms with Gasteiger partial charge in [-0.05, 0) is 37.5 Å². The fraction of sp³-hybridized carbons (Fsp3) is 0.333. The van der Waals surface area contributed by atoms with Crippen LogP contribution >= 0.6 is 0 Å². The molecule has 1 heteroatoms. The molecule has 0 spiro atoms. The third-order valence-electron chi connectivity index (χ3n) is 2.33. The summed E-state index contributed by atoms with van der Waals surface area (Å²) >= 11 is 0. The highest BCUT2D eigenvalue weighted by Gasteiger charge is 2.08. The molecule has 0 amide bonds. The van der Waals surface area contributed by atoms with Gasteiger partial charge in [-0.1, -0.05) is 23.8 Å². The van der Waals surface area contributed by atoms with Crippen molar-refractivity contribution in [3.05, 3.63) is 47.0 Å². The van der Waals surface area contributed by atoms with Gasteiger partial charge in [0.25, 0.3) is 0 Å². The zero-order valence-corrected chi connectivity index (χ0v) is 8.59. The SMILES string of the molecule is C=C[C@@H](N)c1c(C)cc(C)cc1C. The lowest BCUT2D eigenvalue weighted by Gasteiger charge is -2.14. The Kier molecular flexibility index (Phi) is 2.89. The zero-order chi connectivity index (χ0) is 10.0. The van der Waals surface area contributed by atoms with Crippen LogP contribution in [0.1, 0.15) is 28.3 Å². The molecule has 0 bridgehead atoms. The first-order chi connectivity index (χ1) is 6.06. The number of aryl methyl sites for hydroxylation is 3. The Bertz CT molecular complexity index is 303. The lowest BCUT2D eigenvalue weighted by Crippen LogP contribution is -2.10. The van der Waals surface area contributed by atoms with Gasteiger partial charge in [-0.15, -0.1) is 6.58 Å². The molecule has 0 aliphatic heterocycles. The van der Waals surface area contributed by atoms with E-state index in [2.05, 4.69) is 39.5 Å². The summed E-state index contributed by atoms with van der Waals surface area (Å²) < 4.78 is 0. The second-order valence-corrected chi connectivity index (χ2v) is 3.57. The average Bonchev–Trinajstić information content (AvgIpc) is 2.02. The molecule has 0 aromatic heterocycles. The van der Waals surface area contributed by atoms with Gasteiger partial charge < -0.3 is 5.73 Å². The largest absolute Gasteiger partial charge is 0.321 e. The number of nitrogens with two attached hydrogens (primary N) is 1. The van der Waals surface area contributed by atoms with Crippen molar-refractivity contribution in [2.45, 2.75) is 26.8 Å². The van der Waals surface area contributed by atoms with E-state index >= 15 is 0 Å². The van der Waals surface area contributed by atoms with Crippen molar-refractivity contribution in [1.82, 2.24) is 0 Å². The van der Waals surface area contributed by atoms with Crippen molar-refractivity contribution in [3.8, 4) is 0 Å². The number of benzene rings is 1. The average molecular weight is 175 g/mol. The minimum Gasteiger partial charge on any atom is -0.321 e.